The maximum absolute atomic E-state index is 13.2. The van der Waals surface area contributed by atoms with E-state index in [2.05, 4.69) is 27.0 Å². The average molecular weight is 515 g/mol. The Morgan fingerprint density at radius 1 is 1.15 bits per heavy atom. The van der Waals surface area contributed by atoms with Crippen LogP contribution in [0.5, 0.6) is 0 Å². The number of hydrogen-bond acceptors (Lipinski definition) is 3. The minimum absolute atomic E-state index is 0. The Morgan fingerprint density at radius 3 is 2.56 bits per heavy atom. The molecule has 7 heteroatoms. The van der Waals surface area contributed by atoms with Gasteiger partial charge in [0.2, 0.25) is 0 Å². The molecule has 0 bridgehead atoms. The molecule has 4 rings (SSSR count). The summed E-state index contributed by atoms with van der Waals surface area (Å²) in [6, 6.07) is 19.2. The molecule has 0 spiro atoms. The van der Waals surface area contributed by atoms with Crippen molar-refractivity contribution in [2.24, 2.45) is 0 Å². The Labute approximate surface area is 191 Å². The maximum Gasteiger partial charge on any atom is 0.269 e. The van der Waals surface area contributed by atoms with Gasteiger partial charge in [0.25, 0.3) is 10.0 Å². The molecule has 1 radical (unpaired) electrons. The number of fused-ring (bicyclic) bond motifs is 1. The molecule has 2 heterocycles. The summed E-state index contributed by atoms with van der Waals surface area (Å²) in [7, 11) is -3.75. The largest absolute Gasteiger partial charge is 0.269 e. The van der Waals surface area contributed by atoms with Crippen LogP contribution in [-0.4, -0.2) is 17.4 Å². The summed E-state index contributed by atoms with van der Waals surface area (Å²) in [5, 5.41) is 0.759. The van der Waals surface area contributed by atoms with E-state index in [1.165, 1.54) is 3.97 Å². The summed E-state index contributed by atoms with van der Waals surface area (Å²) in [5.41, 5.74) is 3.08. The molecule has 2 aromatic heterocycles. The van der Waals surface area contributed by atoms with Crippen LogP contribution in [0.1, 0.15) is 5.56 Å². The molecular weight excluding hydrogens is 501 g/mol. The van der Waals surface area contributed by atoms with Gasteiger partial charge in [0, 0.05) is 55.0 Å². The first-order valence-corrected chi connectivity index (χ1v) is 10.2. The molecule has 27 heavy (non-hydrogen) atoms. The topological polar surface area (TPSA) is 52.0 Å². The second-order valence-corrected chi connectivity index (χ2v) is 8.70. The van der Waals surface area contributed by atoms with E-state index in [-0.39, 0.29) is 37.6 Å². The standard InChI is InChI=1S/C20H14BrN2O2S.Y/c1-14-7-9-17(10-8-14)26(24,25)23-13-19(15-5-3-2-4-6-15)18-11-16(21)12-22-20(18)23;/h2-3,5-13H,1H3;/q-1;. The zero-order chi connectivity index (χ0) is 18.3. The van der Waals surface area contributed by atoms with Crippen LogP contribution in [0, 0.1) is 13.0 Å². The number of hydrogen-bond donors (Lipinski definition) is 0. The van der Waals surface area contributed by atoms with Crippen molar-refractivity contribution in [2.75, 3.05) is 0 Å². The van der Waals surface area contributed by atoms with E-state index in [0.29, 0.717) is 5.65 Å². The van der Waals surface area contributed by atoms with Gasteiger partial charge in [-0.15, -0.1) is 5.56 Å². The van der Waals surface area contributed by atoms with Crippen LogP contribution in [0.25, 0.3) is 22.2 Å². The van der Waals surface area contributed by atoms with Crippen LogP contribution < -0.4 is 0 Å². The first kappa shape index (κ1) is 20.4. The van der Waals surface area contributed by atoms with Crippen LogP contribution in [0.2, 0.25) is 0 Å². The van der Waals surface area contributed by atoms with Crippen LogP contribution >= 0.6 is 15.9 Å². The van der Waals surface area contributed by atoms with Crippen LogP contribution in [0.15, 0.2) is 76.4 Å². The van der Waals surface area contributed by atoms with Gasteiger partial charge in [-0.25, -0.2) is 17.4 Å². The molecule has 4 nitrogen and oxygen atoms in total. The first-order chi connectivity index (χ1) is 12.5. The van der Waals surface area contributed by atoms with Gasteiger partial charge in [0.15, 0.2) is 5.65 Å². The molecule has 0 aliphatic carbocycles. The van der Waals surface area contributed by atoms with E-state index >= 15 is 0 Å². The average Bonchev–Trinajstić information content (AvgIpc) is 3.02. The Hall–Kier alpha value is -1.34. The molecule has 0 aliphatic rings. The van der Waals surface area contributed by atoms with Gasteiger partial charge in [-0.05, 0) is 46.6 Å². The Morgan fingerprint density at radius 2 is 1.89 bits per heavy atom. The maximum atomic E-state index is 13.2. The molecule has 0 aliphatic heterocycles. The van der Waals surface area contributed by atoms with Crippen molar-refractivity contribution in [3.63, 3.8) is 0 Å². The molecular formula is C20H14BrN2O2SY-. The fourth-order valence-corrected chi connectivity index (χ4v) is 4.51. The van der Waals surface area contributed by atoms with Crippen LogP contribution in [0.4, 0.5) is 0 Å². The SMILES string of the molecule is Cc1ccc(S(=O)(=O)n2cc(-c3c[c-]ccc3)c3cc(Br)cnc32)cc1.[Y]. The summed E-state index contributed by atoms with van der Waals surface area (Å²) in [6.07, 6.45) is 3.23. The van der Waals surface area contributed by atoms with Crippen molar-refractivity contribution in [2.45, 2.75) is 11.8 Å². The third-order valence-electron chi connectivity index (χ3n) is 4.17. The summed E-state index contributed by atoms with van der Waals surface area (Å²) in [4.78, 5) is 4.60. The van der Waals surface area contributed by atoms with E-state index < -0.39 is 10.0 Å². The zero-order valence-electron chi connectivity index (χ0n) is 14.4. The number of aromatic nitrogens is 2. The summed E-state index contributed by atoms with van der Waals surface area (Å²) < 4.78 is 28.4. The van der Waals surface area contributed by atoms with E-state index in [9.17, 15) is 8.42 Å². The minimum Gasteiger partial charge on any atom is -0.236 e. The van der Waals surface area contributed by atoms with Crippen molar-refractivity contribution < 1.29 is 41.1 Å². The van der Waals surface area contributed by atoms with Gasteiger partial charge < -0.3 is 0 Å². The van der Waals surface area contributed by atoms with Crippen molar-refractivity contribution in [3.05, 3.63) is 83.1 Å². The minimum atomic E-state index is -3.75. The summed E-state index contributed by atoms with van der Waals surface area (Å²) >= 11 is 3.42. The number of halogens is 1. The molecule has 133 valence electrons. The number of nitrogens with zero attached hydrogens (tertiary/aromatic N) is 2. The van der Waals surface area contributed by atoms with Crippen molar-refractivity contribution >= 4 is 37.0 Å². The Bertz CT molecular complexity index is 1200. The van der Waals surface area contributed by atoms with Crippen LogP contribution in [-0.2, 0) is 42.7 Å². The fraction of sp³-hybridized carbons (Fsp3) is 0.0500. The molecule has 0 N–H and O–H groups in total. The van der Waals surface area contributed by atoms with Crippen molar-refractivity contribution in [3.8, 4) is 11.1 Å². The molecule has 0 fully saturated rings. The molecule has 0 amide bonds. The van der Waals surface area contributed by atoms with Gasteiger partial charge in [-0.1, -0.05) is 17.7 Å². The summed E-state index contributed by atoms with van der Waals surface area (Å²) in [6.45, 7) is 1.92. The van der Waals surface area contributed by atoms with Crippen LogP contribution in [0.3, 0.4) is 0 Å². The normalized spacial score (nSPS) is 11.3. The smallest absolute Gasteiger partial charge is 0.236 e. The third kappa shape index (κ3) is 3.81. The van der Waals surface area contributed by atoms with E-state index in [1.807, 2.05) is 31.2 Å². The van der Waals surface area contributed by atoms with Gasteiger partial charge in [-0.3, -0.25) is 0 Å². The van der Waals surface area contributed by atoms with E-state index in [4.69, 9.17) is 0 Å². The monoisotopic (exact) mass is 514 g/mol. The third-order valence-corrected chi connectivity index (χ3v) is 6.27. The molecule has 0 unspecified atom stereocenters. The number of rotatable bonds is 3. The molecule has 0 saturated heterocycles. The Balaban J connectivity index is 0.00000210. The van der Waals surface area contributed by atoms with Crippen molar-refractivity contribution in [1.29, 1.82) is 0 Å². The molecule has 2 aromatic carbocycles. The number of pyridine rings is 1. The van der Waals surface area contributed by atoms with Gasteiger partial charge in [0.05, 0.1) is 4.90 Å². The van der Waals surface area contributed by atoms with E-state index in [0.717, 1.165) is 26.5 Å². The van der Waals surface area contributed by atoms with Crippen molar-refractivity contribution in [1.82, 2.24) is 8.96 Å². The summed E-state index contributed by atoms with van der Waals surface area (Å²) in [5.74, 6) is 0. The second kappa shape index (κ2) is 7.96. The van der Waals surface area contributed by atoms with Gasteiger partial charge in [-0.2, -0.15) is 30.3 Å². The second-order valence-electron chi connectivity index (χ2n) is 5.97. The number of aryl methyl sites for hydroxylation is 1. The molecule has 0 atom stereocenters. The predicted octanol–water partition coefficient (Wildman–Crippen LogP) is 4.81. The van der Waals surface area contributed by atoms with E-state index in [1.54, 1.807) is 42.7 Å². The van der Waals surface area contributed by atoms with Gasteiger partial charge >= 0.3 is 0 Å². The Kier molecular flexibility index (Phi) is 6.01. The quantitative estimate of drug-likeness (QED) is 0.369. The predicted molar refractivity (Wildman–Crippen MR) is 105 cm³/mol. The first-order valence-electron chi connectivity index (χ1n) is 7.92. The fourth-order valence-electron chi connectivity index (χ4n) is 2.85. The van der Waals surface area contributed by atoms with Gasteiger partial charge in [0.1, 0.15) is 0 Å². The number of benzene rings is 2. The molecule has 4 aromatic rings. The zero-order valence-corrected chi connectivity index (χ0v) is 19.7. The molecule has 0 saturated carbocycles.